The van der Waals surface area contributed by atoms with E-state index in [1.807, 2.05) is 0 Å². The zero-order chi connectivity index (χ0) is 12.9. The minimum Gasteiger partial charge on any atom is -1.00 e. The molecule has 0 aromatic carbocycles. The van der Waals surface area contributed by atoms with Crippen molar-refractivity contribution in [1.82, 2.24) is 0 Å². The molecule has 0 spiro atoms. The van der Waals surface area contributed by atoms with E-state index in [1.165, 1.54) is 0 Å². The van der Waals surface area contributed by atoms with E-state index in [2.05, 4.69) is 4.65 Å². The quantitative estimate of drug-likeness (QED) is 0.164. The first kappa shape index (κ1) is 20.0. The minimum absolute atomic E-state index is 0. The van der Waals surface area contributed by atoms with E-state index in [1.54, 1.807) is 0 Å². The minimum atomic E-state index is -2.38. The van der Waals surface area contributed by atoms with E-state index in [9.17, 15) is 5.11 Å². The van der Waals surface area contributed by atoms with Crippen LogP contribution in [0.3, 0.4) is 0 Å². The molecule has 0 aromatic rings. The first-order valence-electron chi connectivity index (χ1n) is 4.34. The van der Waals surface area contributed by atoms with Crippen LogP contribution in [-0.4, -0.2) is 85.3 Å². The molecule has 98 valence electrons. The molecule has 0 aliphatic rings. The van der Waals surface area contributed by atoms with Crippen molar-refractivity contribution in [2.75, 3.05) is 6.61 Å². The molecule has 0 aromatic heterocycles. The van der Waals surface area contributed by atoms with Gasteiger partial charge in [0.15, 0.2) is 6.29 Å². The molecule has 8 N–H and O–H groups in total. The van der Waals surface area contributed by atoms with Gasteiger partial charge in [-0.15, -0.1) is 0 Å². The van der Waals surface area contributed by atoms with Crippen LogP contribution < -0.4 is 29.6 Å². The molecular weight excluding hydrogens is 250 g/mol. The summed E-state index contributed by atoms with van der Waals surface area (Å²) < 4.78 is 3.90. The molecule has 1 unspecified atom stereocenters. The molecule has 0 saturated carbocycles. The van der Waals surface area contributed by atoms with Gasteiger partial charge in [0.1, 0.15) is 24.4 Å². The van der Waals surface area contributed by atoms with Gasteiger partial charge in [0.2, 0.25) is 0 Å². The molecule has 0 aliphatic heterocycles. The summed E-state index contributed by atoms with van der Waals surface area (Å²) in [4.78, 5) is 0. The summed E-state index contributed by atoms with van der Waals surface area (Å²) in [6.45, 7) is -0.871. The van der Waals surface area contributed by atoms with Crippen LogP contribution in [0.25, 0.3) is 0 Å². The third-order valence-corrected chi connectivity index (χ3v) is 1.83. The topological polar surface area (TPSA) is 171 Å². The Balaban J connectivity index is -0.00000112. The van der Waals surface area contributed by atoms with Gasteiger partial charge in [0.05, 0.1) is 6.61 Å². The molecule has 0 aliphatic carbocycles. The van der Waals surface area contributed by atoms with E-state index in [4.69, 9.17) is 35.6 Å². The molecule has 0 saturated heterocycles. The molecule has 0 rings (SSSR count). The zero-order valence-electron chi connectivity index (χ0n) is 10.2. The van der Waals surface area contributed by atoms with Crippen LogP contribution in [-0.2, 0) is 4.65 Å². The molecule has 0 amide bonds. The average Bonchev–Trinajstić information content (AvgIpc) is 2.23. The third kappa shape index (κ3) is 7.01. The first-order chi connectivity index (χ1) is 7.31. The Kier molecular flexibility index (Phi) is 11.3. The van der Waals surface area contributed by atoms with E-state index in [0.29, 0.717) is 0 Å². The summed E-state index contributed by atoms with van der Waals surface area (Å²) in [6.07, 6.45) is -9.99. The van der Waals surface area contributed by atoms with Crippen LogP contribution in [0.4, 0.5) is 0 Å². The van der Waals surface area contributed by atoms with Crippen molar-refractivity contribution in [3.8, 4) is 0 Å². The molecule has 5 atom stereocenters. The summed E-state index contributed by atoms with van der Waals surface area (Å²) in [7, 11) is -2.38. The predicted octanol–water partition coefficient (Wildman–Crippen LogP) is -8.16. The molecule has 0 heterocycles. The van der Waals surface area contributed by atoms with Crippen molar-refractivity contribution < 1.29 is 76.3 Å². The Morgan fingerprint density at radius 3 is 1.76 bits per heavy atom. The fraction of sp³-hybridized carbons (Fsp3) is 1.00. The van der Waals surface area contributed by atoms with E-state index >= 15 is 0 Å². The Morgan fingerprint density at radius 2 is 1.41 bits per heavy atom. The Bertz CT molecular complexity index is 202. The zero-order valence-corrected chi connectivity index (χ0v) is 11.2. The molecule has 0 bridgehead atoms. The van der Waals surface area contributed by atoms with E-state index < -0.39 is 44.6 Å². The second kappa shape index (κ2) is 9.61. The van der Waals surface area contributed by atoms with Crippen LogP contribution in [0, 0.1) is 0 Å². The summed E-state index contributed by atoms with van der Waals surface area (Å²) >= 11 is 0. The van der Waals surface area contributed by atoms with Crippen LogP contribution in [0.2, 0.25) is 0 Å². The summed E-state index contributed by atoms with van der Waals surface area (Å²) in [5.74, 6) is 0. The summed E-state index contributed by atoms with van der Waals surface area (Å²) in [5, 5.41) is 70.3. The maximum Gasteiger partial charge on any atom is 1.00 e. The van der Waals surface area contributed by atoms with Crippen molar-refractivity contribution >= 4 is 7.32 Å². The van der Waals surface area contributed by atoms with Gasteiger partial charge in [-0.05, 0) is 0 Å². The van der Waals surface area contributed by atoms with Gasteiger partial charge in [-0.25, -0.2) is 0 Å². The Labute approximate surface area is 121 Å². The Hall–Kier alpha value is 0.705. The summed E-state index contributed by atoms with van der Waals surface area (Å²) in [6, 6.07) is 0. The van der Waals surface area contributed by atoms with Crippen LogP contribution in [0.15, 0.2) is 0 Å². The smallest absolute Gasteiger partial charge is 1.00 e. The van der Waals surface area contributed by atoms with Crippen LogP contribution in [0.5, 0.6) is 0 Å². The van der Waals surface area contributed by atoms with E-state index in [0.717, 1.165) is 0 Å². The number of rotatable bonds is 7. The maximum atomic E-state index is 9.20. The monoisotopic (exact) mass is 266 g/mol. The largest absolute Gasteiger partial charge is 1.00 e. The molecule has 0 fully saturated rings. The fourth-order valence-electron chi connectivity index (χ4n) is 0.912. The normalized spacial score (nSPS) is 19.8. The fourth-order valence-corrected chi connectivity index (χ4v) is 0.912. The van der Waals surface area contributed by atoms with Gasteiger partial charge in [-0.1, -0.05) is 0 Å². The molecule has 11 heteroatoms. The van der Waals surface area contributed by atoms with Crippen molar-refractivity contribution in [3.05, 3.63) is 0 Å². The number of aliphatic hydroxyl groups excluding tert-OH is 6. The SMILES string of the molecule is OC[C@@H](O)[C@@H](O)[C@H](O)[C@H](O)C(O)OB(O)O.[H-].[Na+]. The first-order valence-corrected chi connectivity index (χ1v) is 4.34. The van der Waals surface area contributed by atoms with E-state index in [-0.39, 0.29) is 31.0 Å². The third-order valence-electron chi connectivity index (χ3n) is 1.83. The van der Waals surface area contributed by atoms with Gasteiger partial charge in [-0.3, -0.25) is 0 Å². The number of hydrogen-bond donors (Lipinski definition) is 8. The van der Waals surface area contributed by atoms with Gasteiger partial charge < -0.3 is 46.8 Å². The van der Waals surface area contributed by atoms with Gasteiger partial charge in [0.25, 0.3) is 0 Å². The van der Waals surface area contributed by atoms with Gasteiger partial charge in [0, 0.05) is 0 Å². The van der Waals surface area contributed by atoms with Crippen molar-refractivity contribution in [2.24, 2.45) is 0 Å². The molecule has 9 nitrogen and oxygen atoms in total. The number of hydrogen-bond acceptors (Lipinski definition) is 9. The van der Waals surface area contributed by atoms with Crippen molar-refractivity contribution in [2.45, 2.75) is 30.7 Å². The van der Waals surface area contributed by atoms with Crippen molar-refractivity contribution in [3.63, 3.8) is 0 Å². The van der Waals surface area contributed by atoms with Gasteiger partial charge in [-0.2, -0.15) is 0 Å². The summed E-state index contributed by atoms with van der Waals surface area (Å²) in [5.41, 5.74) is 0. The molecule has 0 radical (unpaired) electrons. The van der Waals surface area contributed by atoms with Crippen LogP contribution in [0.1, 0.15) is 1.43 Å². The average molecular weight is 266 g/mol. The van der Waals surface area contributed by atoms with Crippen molar-refractivity contribution in [1.29, 1.82) is 0 Å². The number of aliphatic hydroxyl groups is 6. The standard InChI is InChI=1S/C6H15BO9.Na.H/c8-1-2(9)3(10)4(11)5(12)6(13)16-7(14)15;;/h2-6,8-15H,1H2;;/q;+1;-1/t2-,3-,4+,5+,6?;;/m1../s1. The maximum absolute atomic E-state index is 9.20. The molecular formula is C6H16BNaO9. The second-order valence-corrected chi connectivity index (χ2v) is 3.07. The Morgan fingerprint density at radius 1 is 0.941 bits per heavy atom. The second-order valence-electron chi connectivity index (χ2n) is 3.07. The van der Waals surface area contributed by atoms with Crippen LogP contribution >= 0.6 is 0 Å². The predicted molar refractivity (Wildman–Crippen MR) is 49.5 cm³/mol. The molecule has 17 heavy (non-hydrogen) atoms. The van der Waals surface area contributed by atoms with Gasteiger partial charge >= 0.3 is 36.9 Å².